The van der Waals surface area contributed by atoms with E-state index in [2.05, 4.69) is 210 Å². The van der Waals surface area contributed by atoms with Gasteiger partial charge in [-0.3, -0.25) is 4.57 Å². The molecule has 13 aromatic rings. The highest BCUT2D eigenvalue weighted by Gasteiger charge is 2.23. The Labute approximate surface area is 356 Å². The third-order valence-corrected chi connectivity index (χ3v) is 12.6. The number of aromatic nitrogens is 1. The lowest BCUT2D eigenvalue weighted by atomic mass is 9.93. The first-order chi connectivity index (χ1) is 30.8. The normalized spacial score (nSPS) is 11.9. The Balaban J connectivity index is 0.960. The fourth-order valence-electron chi connectivity index (χ4n) is 9.78. The van der Waals surface area contributed by atoms with Gasteiger partial charge in [0.05, 0.1) is 16.6 Å². The van der Waals surface area contributed by atoms with E-state index in [1.807, 2.05) is 18.2 Å². The number of anilines is 3. The molecule has 290 valence electrons. The van der Waals surface area contributed by atoms with Gasteiger partial charge in [0.15, 0.2) is 5.58 Å². The molecule has 13 rings (SSSR count). The van der Waals surface area contributed by atoms with E-state index in [9.17, 15) is 0 Å². The molecule has 0 N–H and O–H groups in total. The molecule has 0 saturated heterocycles. The summed E-state index contributed by atoms with van der Waals surface area (Å²) in [6.45, 7) is 0. The number of nitrogens with zero attached hydrogens (tertiary/aromatic N) is 2. The monoisotopic (exact) mass is 792 g/mol. The minimum absolute atomic E-state index is 0.848. The van der Waals surface area contributed by atoms with Gasteiger partial charge in [0.2, 0.25) is 5.71 Å². The zero-order chi connectivity index (χ0) is 40.7. The quantitative estimate of drug-likeness (QED) is 0.157. The van der Waals surface area contributed by atoms with Crippen molar-refractivity contribution < 1.29 is 8.83 Å². The second kappa shape index (κ2) is 13.6. The first-order valence-electron chi connectivity index (χ1n) is 21.1. The van der Waals surface area contributed by atoms with Gasteiger partial charge in [0.1, 0.15) is 11.2 Å². The number of hydrogen-bond acceptors (Lipinski definition) is 3. The molecule has 0 aliphatic heterocycles. The van der Waals surface area contributed by atoms with Crippen molar-refractivity contribution in [2.24, 2.45) is 0 Å². The van der Waals surface area contributed by atoms with Crippen molar-refractivity contribution in [3.8, 4) is 27.9 Å². The molecule has 62 heavy (non-hydrogen) atoms. The molecule has 0 atom stereocenters. The van der Waals surface area contributed by atoms with Crippen LogP contribution in [0.3, 0.4) is 0 Å². The predicted octanol–water partition coefficient (Wildman–Crippen LogP) is 16.5. The second-order valence-corrected chi connectivity index (χ2v) is 16.0. The van der Waals surface area contributed by atoms with E-state index in [0.717, 1.165) is 83.4 Å². The number of fused-ring (bicyclic) bond motifs is 11. The third kappa shape index (κ3) is 5.20. The van der Waals surface area contributed by atoms with E-state index in [-0.39, 0.29) is 0 Å². The van der Waals surface area contributed by atoms with Crippen LogP contribution in [-0.4, -0.2) is 4.57 Å². The van der Waals surface area contributed by atoms with Crippen molar-refractivity contribution in [2.75, 3.05) is 4.90 Å². The molecule has 4 heteroatoms. The van der Waals surface area contributed by atoms with Gasteiger partial charge in [-0.15, -0.1) is 0 Å². The molecule has 0 aliphatic rings. The van der Waals surface area contributed by atoms with Crippen LogP contribution < -0.4 is 4.90 Å². The maximum Gasteiger partial charge on any atom is 0.213 e. The molecule has 0 fully saturated rings. The average molecular weight is 793 g/mol. The minimum atomic E-state index is 0.848. The van der Waals surface area contributed by atoms with Gasteiger partial charge in [0, 0.05) is 44.2 Å². The first kappa shape index (κ1) is 34.5. The van der Waals surface area contributed by atoms with Gasteiger partial charge in [-0.2, -0.15) is 0 Å². The maximum absolute atomic E-state index is 6.94. The molecular formula is C58H36N2O2. The van der Waals surface area contributed by atoms with Gasteiger partial charge in [-0.25, -0.2) is 0 Å². The molecule has 0 spiro atoms. The summed E-state index contributed by atoms with van der Waals surface area (Å²) < 4.78 is 15.8. The molecule has 3 aromatic heterocycles. The van der Waals surface area contributed by atoms with Gasteiger partial charge in [-0.1, -0.05) is 158 Å². The SMILES string of the molecule is c1ccc(-n2c3ccccc3c3c4cccc(-c5ccc(N(c6ccc(-c7cc8ccccc8c8ccccc78)cc6)c6cccc7c6oc6ccccc67)cc5)c4oc32)cc1. The van der Waals surface area contributed by atoms with E-state index < -0.39 is 0 Å². The summed E-state index contributed by atoms with van der Waals surface area (Å²) in [6.07, 6.45) is 0. The van der Waals surface area contributed by atoms with Crippen LogP contribution in [0.4, 0.5) is 17.1 Å². The summed E-state index contributed by atoms with van der Waals surface area (Å²) in [4.78, 5) is 2.31. The van der Waals surface area contributed by atoms with E-state index in [1.165, 1.54) is 38.1 Å². The minimum Gasteiger partial charge on any atom is -0.454 e. The zero-order valence-corrected chi connectivity index (χ0v) is 33.5. The third-order valence-electron chi connectivity index (χ3n) is 12.6. The van der Waals surface area contributed by atoms with E-state index in [1.54, 1.807) is 0 Å². The number of furan rings is 2. The van der Waals surface area contributed by atoms with Gasteiger partial charge in [0.25, 0.3) is 0 Å². The van der Waals surface area contributed by atoms with Crippen LogP contribution in [0, 0.1) is 0 Å². The summed E-state index contributed by atoms with van der Waals surface area (Å²) >= 11 is 0. The Morgan fingerprint density at radius 2 is 0.968 bits per heavy atom. The molecular weight excluding hydrogens is 757 g/mol. The highest BCUT2D eigenvalue weighted by molar-refractivity contribution is 6.22. The number of benzene rings is 10. The van der Waals surface area contributed by atoms with Crippen molar-refractivity contribution in [2.45, 2.75) is 0 Å². The van der Waals surface area contributed by atoms with Crippen LogP contribution in [0.5, 0.6) is 0 Å². The number of para-hydroxylation sites is 5. The standard InChI is InChI=1S/C58H36N2O2/c1-2-15-40(16-3-1)60-52-25-10-8-21-49(52)55-50-24-12-22-44(56(50)62-58(55)60)37-28-32-41(33-29-37)59(53-26-13-23-48-47-20-9-11-27-54(47)61-57(48)53)42-34-30-38(31-35-42)51-36-39-14-4-5-17-43(39)45-18-6-7-19-46(45)51/h1-36H. The molecule has 0 unspecified atom stereocenters. The molecule has 4 nitrogen and oxygen atoms in total. The van der Waals surface area contributed by atoms with Gasteiger partial charge in [-0.05, 0) is 98.9 Å². The van der Waals surface area contributed by atoms with Crippen LogP contribution >= 0.6 is 0 Å². The Hall–Kier alpha value is -8.34. The predicted molar refractivity (Wildman–Crippen MR) is 258 cm³/mol. The summed E-state index contributed by atoms with van der Waals surface area (Å²) in [5.74, 6) is 0. The molecule has 10 aromatic carbocycles. The second-order valence-electron chi connectivity index (χ2n) is 16.0. The summed E-state index contributed by atoms with van der Waals surface area (Å²) in [7, 11) is 0. The molecule has 0 bridgehead atoms. The van der Waals surface area contributed by atoms with Crippen molar-refractivity contribution in [1.82, 2.24) is 4.57 Å². The fraction of sp³-hybridized carbons (Fsp3) is 0. The smallest absolute Gasteiger partial charge is 0.213 e. The summed E-state index contributed by atoms with van der Waals surface area (Å²) in [5, 5.41) is 10.6. The topological polar surface area (TPSA) is 34.5 Å². The molecule has 0 amide bonds. The molecule has 0 aliphatic carbocycles. The van der Waals surface area contributed by atoms with Crippen LogP contribution in [0.25, 0.3) is 104 Å². The number of hydrogen-bond donors (Lipinski definition) is 0. The summed E-state index contributed by atoms with van der Waals surface area (Å²) in [5.41, 5.74) is 13.2. The van der Waals surface area contributed by atoms with Crippen molar-refractivity contribution >= 4 is 93.5 Å². The first-order valence-corrected chi connectivity index (χ1v) is 21.1. The Kier molecular flexibility index (Phi) is 7.57. The molecule has 3 heterocycles. The van der Waals surface area contributed by atoms with E-state index >= 15 is 0 Å². The largest absolute Gasteiger partial charge is 0.454 e. The van der Waals surface area contributed by atoms with Crippen molar-refractivity contribution in [3.05, 3.63) is 218 Å². The highest BCUT2D eigenvalue weighted by atomic mass is 16.3. The lowest BCUT2D eigenvalue weighted by molar-refractivity contribution is 0.646. The van der Waals surface area contributed by atoms with Crippen LogP contribution in [0.2, 0.25) is 0 Å². The van der Waals surface area contributed by atoms with Crippen molar-refractivity contribution in [1.29, 1.82) is 0 Å². The van der Waals surface area contributed by atoms with Crippen LogP contribution in [0.15, 0.2) is 227 Å². The lowest BCUT2D eigenvalue weighted by Crippen LogP contribution is -2.10. The van der Waals surface area contributed by atoms with E-state index in [4.69, 9.17) is 8.83 Å². The Bertz CT molecular complexity index is 3850. The van der Waals surface area contributed by atoms with Gasteiger partial charge < -0.3 is 13.7 Å². The fourth-order valence-corrected chi connectivity index (χ4v) is 9.78. The summed E-state index contributed by atoms with van der Waals surface area (Å²) in [6, 6.07) is 77.7. The maximum atomic E-state index is 6.94. The van der Waals surface area contributed by atoms with E-state index in [0.29, 0.717) is 0 Å². The van der Waals surface area contributed by atoms with Crippen molar-refractivity contribution in [3.63, 3.8) is 0 Å². The zero-order valence-electron chi connectivity index (χ0n) is 33.5. The lowest BCUT2D eigenvalue weighted by Gasteiger charge is -2.26. The Morgan fingerprint density at radius 1 is 0.371 bits per heavy atom. The Morgan fingerprint density at radius 3 is 1.76 bits per heavy atom. The highest BCUT2D eigenvalue weighted by Crippen LogP contribution is 2.46. The molecule has 0 saturated carbocycles. The molecule has 0 radical (unpaired) electrons. The number of rotatable bonds is 6. The van der Waals surface area contributed by atoms with Crippen LogP contribution in [0.1, 0.15) is 0 Å². The van der Waals surface area contributed by atoms with Gasteiger partial charge >= 0.3 is 0 Å². The van der Waals surface area contributed by atoms with Crippen LogP contribution in [-0.2, 0) is 0 Å². The average Bonchev–Trinajstić information content (AvgIpc) is 4.02.